The minimum atomic E-state index is -0.866. The second-order valence-electron chi connectivity index (χ2n) is 4.06. The molecule has 0 atom stereocenters. The number of non-ortho nitro benzene ring substituents is 1. The van der Waals surface area contributed by atoms with Crippen LogP contribution in [0, 0.1) is 10.1 Å². The molecule has 0 unspecified atom stereocenters. The molecule has 0 saturated carbocycles. The molecule has 0 radical (unpaired) electrons. The predicted molar refractivity (Wildman–Crippen MR) is 60.8 cm³/mol. The van der Waals surface area contributed by atoms with Gasteiger partial charge < -0.3 is 5.11 Å². The Morgan fingerprint density at radius 1 is 1.47 bits per heavy atom. The van der Waals surface area contributed by atoms with E-state index in [1.165, 1.54) is 12.1 Å². The summed E-state index contributed by atoms with van der Waals surface area (Å²) in [4.78, 5) is 10.1. The lowest BCUT2D eigenvalue weighted by Crippen LogP contribution is -2.21. The van der Waals surface area contributed by atoms with Crippen LogP contribution in [-0.4, -0.2) is 15.6 Å². The molecular weight excluding hydrogens is 262 g/mol. The maximum Gasteiger partial charge on any atom is 0.270 e. The van der Waals surface area contributed by atoms with Crippen molar-refractivity contribution in [1.82, 2.24) is 0 Å². The molecule has 0 saturated heterocycles. The Labute approximate surface area is 96.2 Å². The monoisotopic (exact) mass is 273 g/mol. The third kappa shape index (κ3) is 3.97. The molecule has 0 aliphatic rings. The van der Waals surface area contributed by atoms with Gasteiger partial charge in [0.1, 0.15) is 0 Å². The molecule has 0 aliphatic heterocycles. The lowest BCUT2D eigenvalue weighted by Gasteiger charge is -2.16. The first-order valence-electron chi connectivity index (χ1n) is 4.44. The Balaban J connectivity index is 3.04. The molecule has 0 aliphatic carbocycles. The molecule has 0 fully saturated rings. The van der Waals surface area contributed by atoms with Crippen molar-refractivity contribution in [2.24, 2.45) is 0 Å². The first-order chi connectivity index (χ1) is 6.78. The highest BCUT2D eigenvalue weighted by molar-refractivity contribution is 9.10. The first kappa shape index (κ1) is 12.1. The van der Waals surface area contributed by atoms with E-state index in [1.54, 1.807) is 19.9 Å². The molecule has 1 aromatic carbocycles. The van der Waals surface area contributed by atoms with Crippen molar-refractivity contribution in [3.8, 4) is 0 Å². The second kappa shape index (κ2) is 4.28. The van der Waals surface area contributed by atoms with Gasteiger partial charge in [0, 0.05) is 23.0 Å². The third-order valence-electron chi connectivity index (χ3n) is 1.79. The largest absolute Gasteiger partial charge is 0.390 e. The van der Waals surface area contributed by atoms with Gasteiger partial charge in [-0.25, -0.2) is 0 Å². The third-order valence-corrected chi connectivity index (χ3v) is 2.25. The Hall–Kier alpha value is -0.940. The number of halogens is 1. The van der Waals surface area contributed by atoms with E-state index in [0.717, 1.165) is 5.56 Å². The Bertz CT molecular complexity index is 385. The highest BCUT2D eigenvalue weighted by atomic mass is 79.9. The Kier molecular flexibility index (Phi) is 3.46. The van der Waals surface area contributed by atoms with Crippen LogP contribution in [0.5, 0.6) is 0 Å². The van der Waals surface area contributed by atoms with Crippen LogP contribution >= 0.6 is 15.9 Å². The number of nitro groups is 1. The van der Waals surface area contributed by atoms with Crippen LogP contribution in [0.3, 0.4) is 0 Å². The fourth-order valence-corrected chi connectivity index (χ4v) is 1.87. The van der Waals surface area contributed by atoms with Crippen LogP contribution in [0.2, 0.25) is 0 Å². The van der Waals surface area contributed by atoms with Gasteiger partial charge in [-0.1, -0.05) is 15.9 Å². The first-order valence-corrected chi connectivity index (χ1v) is 5.23. The standard InChI is InChI=1S/C10H12BrNO3/c1-10(2,13)6-7-3-8(11)5-9(4-7)12(14)15/h3-5,13H,6H2,1-2H3. The minimum Gasteiger partial charge on any atom is -0.390 e. The molecule has 1 aromatic rings. The van der Waals surface area contributed by atoms with E-state index in [0.29, 0.717) is 10.9 Å². The second-order valence-corrected chi connectivity index (χ2v) is 4.98. The van der Waals surface area contributed by atoms with E-state index in [4.69, 9.17) is 0 Å². The average molecular weight is 274 g/mol. The molecule has 0 heterocycles. The zero-order valence-electron chi connectivity index (χ0n) is 8.53. The fourth-order valence-electron chi connectivity index (χ4n) is 1.34. The molecule has 0 spiro atoms. The lowest BCUT2D eigenvalue weighted by molar-refractivity contribution is -0.385. The molecule has 0 aromatic heterocycles. The molecule has 82 valence electrons. The highest BCUT2D eigenvalue weighted by Crippen LogP contribution is 2.23. The summed E-state index contributed by atoms with van der Waals surface area (Å²) in [6.07, 6.45) is 0.382. The van der Waals surface area contributed by atoms with Crippen LogP contribution in [0.25, 0.3) is 0 Å². The van der Waals surface area contributed by atoms with Crippen LogP contribution in [-0.2, 0) is 6.42 Å². The normalized spacial score (nSPS) is 11.5. The lowest BCUT2D eigenvalue weighted by atomic mass is 9.98. The van der Waals surface area contributed by atoms with Gasteiger partial charge in [-0.05, 0) is 25.5 Å². The number of aliphatic hydroxyl groups is 1. The van der Waals surface area contributed by atoms with Crippen molar-refractivity contribution >= 4 is 21.6 Å². The van der Waals surface area contributed by atoms with Crippen LogP contribution in [0.1, 0.15) is 19.4 Å². The molecule has 5 heteroatoms. The molecule has 0 amide bonds. The number of hydrogen-bond donors (Lipinski definition) is 1. The van der Waals surface area contributed by atoms with Crippen LogP contribution in [0.15, 0.2) is 22.7 Å². The summed E-state index contributed by atoms with van der Waals surface area (Å²) in [5.74, 6) is 0. The van der Waals surface area contributed by atoms with E-state index in [2.05, 4.69) is 15.9 Å². The Morgan fingerprint density at radius 3 is 2.53 bits per heavy atom. The maximum atomic E-state index is 10.6. The van der Waals surface area contributed by atoms with Gasteiger partial charge in [-0.2, -0.15) is 0 Å². The minimum absolute atomic E-state index is 0.0311. The van der Waals surface area contributed by atoms with Crippen molar-refractivity contribution in [1.29, 1.82) is 0 Å². The predicted octanol–water partition coefficient (Wildman–Crippen LogP) is 2.67. The summed E-state index contributed by atoms with van der Waals surface area (Å²) in [5, 5.41) is 20.2. The zero-order chi connectivity index (χ0) is 11.6. The van der Waals surface area contributed by atoms with Crippen molar-refractivity contribution < 1.29 is 10.0 Å². The van der Waals surface area contributed by atoms with Gasteiger partial charge in [0.2, 0.25) is 0 Å². The van der Waals surface area contributed by atoms with E-state index in [1.807, 2.05) is 0 Å². The molecule has 1 N–H and O–H groups in total. The van der Waals surface area contributed by atoms with Crippen LogP contribution in [0.4, 0.5) is 5.69 Å². The summed E-state index contributed by atoms with van der Waals surface area (Å²) in [5.41, 5.74) is -0.0959. The summed E-state index contributed by atoms with van der Waals surface area (Å²) < 4.78 is 0.649. The molecule has 0 bridgehead atoms. The molecule has 15 heavy (non-hydrogen) atoms. The number of hydrogen-bond acceptors (Lipinski definition) is 3. The van der Waals surface area contributed by atoms with E-state index < -0.39 is 10.5 Å². The number of benzene rings is 1. The van der Waals surface area contributed by atoms with Gasteiger partial charge in [-0.15, -0.1) is 0 Å². The number of nitrogens with zero attached hydrogens (tertiary/aromatic N) is 1. The number of nitro benzene ring substituents is 1. The molecular formula is C10H12BrNO3. The van der Waals surface area contributed by atoms with Crippen LogP contribution < -0.4 is 0 Å². The van der Waals surface area contributed by atoms with Crippen molar-refractivity contribution in [3.63, 3.8) is 0 Å². The van der Waals surface area contributed by atoms with Gasteiger partial charge in [-0.3, -0.25) is 10.1 Å². The van der Waals surface area contributed by atoms with Crippen molar-refractivity contribution in [2.45, 2.75) is 25.9 Å². The van der Waals surface area contributed by atoms with E-state index in [-0.39, 0.29) is 5.69 Å². The summed E-state index contributed by atoms with van der Waals surface area (Å²) in [6.45, 7) is 3.33. The zero-order valence-corrected chi connectivity index (χ0v) is 10.1. The Morgan fingerprint density at radius 2 is 2.07 bits per heavy atom. The van der Waals surface area contributed by atoms with E-state index in [9.17, 15) is 15.2 Å². The summed E-state index contributed by atoms with van der Waals surface area (Å²) in [7, 11) is 0. The quantitative estimate of drug-likeness (QED) is 0.680. The SMILES string of the molecule is CC(C)(O)Cc1cc(Br)cc([N+](=O)[O-])c1. The number of rotatable bonds is 3. The van der Waals surface area contributed by atoms with E-state index >= 15 is 0 Å². The fraction of sp³-hybridized carbons (Fsp3) is 0.400. The van der Waals surface area contributed by atoms with Gasteiger partial charge in [0.15, 0.2) is 0 Å². The topological polar surface area (TPSA) is 63.4 Å². The molecule has 1 rings (SSSR count). The van der Waals surface area contributed by atoms with Gasteiger partial charge >= 0.3 is 0 Å². The molecule has 4 nitrogen and oxygen atoms in total. The highest BCUT2D eigenvalue weighted by Gasteiger charge is 2.16. The maximum absolute atomic E-state index is 10.6. The smallest absolute Gasteiger partial charge is 0.270 e. The van der Waals surface area contributed by atoms with Crippen molar-refractivity contribution in [2.75, 3.05) is 0 Å². The average Bonchev–Trinajstić information content (AvgIpc) is 1.99. The summed E-state index contributed by atoms with van der Waals surface area (Å²) >= 11 is 3.20. The van der Waals surface area contributed by atoms with Gasteiger partial charge in [0.05, 0.1) is 10.5 Å². The van der Waals surface area contributed by atoms with Crippen molar-refractivity contribution in [3.05, 3.63) is 38.3 Å². The summed E-state index contributed by atoms with van der Waals surface area (Å²) in [6, 6.07) is 4.68. The van der Waals surface area contributed by atoms with Gasteiger partial charge in [0.25, 0.3) is 5.69 Å².